The first kappa shape index (κ1) is 23.6. The minimum atomic E-state index is -1.25. The number of nitro groups is 1. The summed E-state index contributed by atoms with van der Waals surface area (Å²) in [6.45, 7) is 8.33. The predicted molar refractivity (Wildman–Crippen MR) is 120 cm³/mol. The number of carbonyl (C=O) groups is 2. The van der Waals surface area contributed by atoms with Crippen LogP contribution in [-0.2, 0) is 4.74 Å². The Morgan fingerprint density at radius 1 is 1.09 bits per heavy atom. The fourth-order valence-corrected chi connectivity index (χ4v) is 3.62. The van der Waals surface area contributed by atoms with Gasteiger partial charge in [0, 0.05) is 29.0 Å². The van der Waals surface area contributed by atoms with Crippen LogP contribution >= 0.6 is 0 Å². The zero-order valence-electron chi connectivity index (χ0n) is 18.8. The van der Waals surface area contributed by atoms with Crippen molar-refractivity contribution < 1.29 is 28.7 Å². The van der Waals surface area contributed by atoms with Crippen molar-refractivity contribution in [1.82, 2.24) is 4.98 Å². The van der Waals surface area contributed by atoms with Gasteiger partial charge in [0.2, 0.25) is 0 Å². The summed E-state index contributed by atoms with van der Waals surface area (Å²) in [4.78, 5) is 37.7. The molecule has 0 aliphatic rings. The third kappa shape index (κ3) is 4.77. The average molecular weight is 454 g/mol. The molecule has 0 saturated heterocycles. The molecule has 0 radical (unpaired) electrons. The van der Waals surface area contributed by atoms with E-state index >= 15 is 0 Å². The second-order valence-corrected chi connectivity index (χ2v) is 8.63. The fourth-order valence-electron chi connectivity index (χ4n) is 3.62. The van der Waals surface area contributed by atoms with Crippen LogP contribution in [0.3, 0.4) is 0 Å². The van der Waals surface area contributed by atoms with E-state index in [1.807, 2.05) is 0 Å². The SMILES string of the molecule is Cc1cc([N+](=O)[O-])ccc1-c1c(C)[nH]c(C(=O)O)c1-c1ccc(C(=O)OC(C)(C)C)c(F)c1. The molecule has 3 rings (SSSR count). The number of hydrogen-bond donors (Lipinski definition) is 2. The number of carboxylic acid groups (broad SMARTS) is 1. The molecule has 9 heteroatoms. The van der Waals surface area contributed by atoms with E-state index in [1.165, 1.54) is 30.3 Å². The maximum atomic E-state index is 14.9. The fraction of sp³-hybridized carbons (Fsp3) is 0.250. The van der Waals surface area contributed by atoms with E-state index < -0.39 is 28.3 Å². The number of H-pyrrole nitrogens is 1. The molecule has 0 unspecified atom stereocenters. The van der Waals surface area contributed by atoms with Crippen molar-refractivity contribution in [1.29, 1.82) is 0 Å². The van der Waals surface area contributed by atoms with Crippen molar-refractivity contribution in [2.45, 2.75) is 40.2 Å². The van der Waals surface area contributed by atoms with Crippen molar-refractivity contribution in [3.8, 4) is 22.3 Å². The number of nitrogens with one attached hydrogen (secondary N) is 1. The van der Waals surface area contributed by atoms with Gasteiger partial charge in [-0.1, -0.05) is 6.07 Å². The molecule has 0 aliphatic heterocycles. The number of aromatic carboxylic acids is 1. The van der Waals surface area contributed by atoms with Crippen molar-refractivity contribution in [2.24, 2.45) is 0 Å². The van der Waals surface area contributed by atoms with E-state index in [4.69, 9.17) is 4.74 Å². The summed E-state index contributed by atoms with van der Waals surface area (Å²) in [5.41, 5.74) is 1.19. The summed E-state index contributed by atoms with van der Waals surface area (Å²) < 4.78 is 20.1. The number of nitro benzene ring substituents is 1. The quantitative estimate of drug-likeness (QED) is 0.291. The lowest BCUT2D eigenvalue weighted by Gasteiger charge is -2.19. The van der Waals surface area contributed by atoms with Crippen LogP contribution in [-0.4, -0.2) is 32.6 Å². The van der Waals surface area contributed by atoms with Gasteiger partial charge in [-0.05, 0) is 69.5 Å². The highest BCUT2D eigenvalue weighted by molar-refractivity contribution is 6.02. The molecule has 2 N–H and O–H groups in total. The molecule has 0 amide bonds. The summed E-state index contributed by atoms with van der Waals surface area (Å²) in [6.07, 6.45) is 0. The standard InChI is InChI=1S/C24H23FN2O6/c1-12-10-15(27(31)32)7-9-16(12)19-13(2)26-21(22(28)29)20(19)14-6-8-17(18(25)11-14)23(30)33-24(3,4)5/h6-11,26H,1-5H3,(H,28,29). The molecule has 8 nitrogen and oxygen atoms in total. The highest BCUT2D eigenvalue weighted by Gasteiger charge is 2.26. The van der Waals surface area contributed by atoms with Gasteiger partial charge in [0.1, 0.15) is 17.1 Å². The monoisotopic (exact) mass is 454 g/mol. The second-order valence-electron chi connectivity index (χ2n) is 8.63. The lowest BCUT2D eigenvalue weighted by molar-refractivity contribution is -0.384. The smallest absolute Gasteiger partial charge is 0.352 e. The molecule has 1 heterocycles. The van der Waals surface area contributed by atoms with Gasteiger partial charge in [0.15, 0.2) is 0 Å². The van der Waals surface area contributed by atoms with Crippen LogP contribution in [0.5, 0.6) is 0 Å². The molecule has 0 spiro atoms. The number of carboxylic acids is 1. The van der Waals surface area contributed by atoms with Gasteiger partial charge in [0.05, 0.1) is 10.5 Å². The maximum Gasteiger partial charge on any atom is 0.352 e. The Balaban J connectivity index is 2.20. The minimum Gasteiger partial charge on any atom is -0.477 e. The molecule has 1 aromatic heterocycles. The summed E-state index contributed by atoms with van der Waals surface area (Å²) in [5.74, 6) is -2.94. The molecular weight excluding hydrogens is 431 g/mol. The van der Waals surface area contributed by atoms with Gasteiger partial charge in [0.25, 0.3) is 5.69 Å². The molecule has 2 aromatic carbocycles. The highest BCUT2D eigenvalue weighted by atomic mass is 19.1. The average Bonchev–Trinajstić information content (AvgIpc) is 3.03. The zero-order chi connectivity index (χ0) is 24.7. The predicted octanol–water partition coefficient (Wildman–Crippen LogP) is 5.67. The first-order chi connectivity index (χ1) is 15.3. The van der Waals surface area contributed by atoms with Crippen molar-refractivity contribution in [3.05, 3.63) is 74.8 Å². The van der Waals surface area contributed by atoms with Crippen molar-refractivity contribution in [3.63, 3.8) is 0 Å². The van der Waals surface area contributed by atoms with Crippen LogP contribution in [0.15, 0.2) is 36.4 Å². The number of hydrogen-bond acceptors (Lipinski definition) is 5. The van der Waals surface area contributed by atoms with Crippen LogP contribution in [0.1, 0.15) is 52.9 Å². The van der Waals surface area contributed by atoms with Crippen LogP contribution in [0.25, 0.3) is 22.3 Å². The second kappa shape index (κ2) is 8.50. The van der Waals surface area contributed by atoms with Crippen molar-refractivity contribution in [2.75, 3.05) is 0 Å². The number of non-ortho nitro benzene ring substituents is 1. The van der Waals surface area contributed by atoms with E-state index in [-0.39, 0.29) is 28.1 Å². The third-order valence-electron chi connectivity index (χ3n) is 4.97. The Kier molecular flexibility index (Phi) is 6.09. The van der Waals surface area contributed by atoms with E-state index in [9.17, 15) is 29.2 Å². The Morgan fingerprint density at radius 2 is 1.76 bits per heavy atom. The first-order valence-corrected chi connectivity index (χ1v) is 10.0. The molecular formula is C24H23FN2O6. The lowest BCUT2D eigenvalue weighted by atomic mass is 9.91. The molecule has 3 aromatic rings. The van der Waals surface area contributed by atoms with Gasteiger partial charge in [-0.2, -0.15) is 0 Å². The van der Waals surface area contributed by atoms with E-state index in [0.29, 0.717) is 22.4 Å². The third-order valence-corrected chi connectivity index (χ3v) is 4.97. The van der Waals surface area contributed by atoms with Gasteiger partial charge in [-0.3, -0.25) is 10.1 Å². The molecule has 172 valence electrons. The molecule has 0 atom stereocenters. The highest BCUT2D eigenvalue weighted by Crippen LogP contribution is 2.40. The summed E-state index contributed by atoms with van der Waals surface area (Å²) in [5, 5.41) is 20.9. The van der Waals surface area contributed by atoms with E-state index in [2.05, 4.69) is 4.98 Å². The lowest BCUT2D eigenvalue weighted by Crippen LogP contribution is -2.24. The normalized spacial score (nSPS) is 11.3. The number of benzene rings is 2. The summed E-state index contributed by atoms with van der Waals surface area (Å²) >= 11 is 0. The molecule has 33 heavy (non-hydrogen) atoms. The molecule has 0 saturated carbocycles. The number of aryl methyl sites for hydroxylation is 2. The molecule has 0 aliphatic carbocycles. The van der Waals surface area contributed by atoms with Crippen molar-refractivity contribution >= 4 is 17.6 Å². The molecule has 0 bridgehead atoms. The van der Waals surface area contributed by atoms with Gasteiger partial charge < -0.3 is 14.8 Å². The molecule has 0 fully saturated rings. The number of carbonyl (C=O) groups excluding carboxylic acids is 1. The van der Waals surface area contributed by atoms with Gasteiger partial charge in [-0.25, -0.2) is 14.0 Å². The van der Waals surface area contributed by atoms with E-state index in [0.717, 1.165) is 6.07 Å². The van der Waals surface area contributed by atoms with Gasteiger partial charge in [-0.15, -0.1) is 0 Å². The Bertz CT molecular complexity index is 1290. The maximum absolute atomic E-state index is 14.9. The number of rotatable bonds is 5. The van der Waals surface area contributed by atoms with Crippen LogP contribution < -0.4 is 0 Å². The van der Waals surface area contributed by atoms with Crippen LogP contribution in [0, 0.1) is 29.8 Å². The Hall–Kier alpha value is -4.01. The number of ether oxygens (including phenoxy) is 1. The number of halogens is 1. The number of aromatic nitrogens is 1. The summed E-state index contributed by atoms with van der Waals surface area (Å²) in [6, 6.07) is 8.02. The largest absolute Gasteiger partial charge is 0.477 e. The van der Waals surface area contributed by atoms with Crippen LogP contribution in [0.4, 0.5) is 10.1 Å². The Labute approximate surface area is 189 Å². The van der Waals surface area contributed by atoms with E-state index in [1.54, 1.807) is 34.6 Å². The number of esters is 1. The summed E-state index contributed by atoms with van der Waals surface area (Å²) in [7, 11) is 0. The minimum absolute atomic E-state index is 0.0998. The number of nitrogens with zero attached hydrogens (tertiary/aromatic N) is 1. The zero-order valence-corrected chi connectivity index (χ0v) is 18.8. The van der Waals surface area contributed by atoms with Gasteiger partial charge >= 0.3 is 11.9 Å². The first-order valence-electron chi connectivity index (χ1n) is 10.0. The van der Waals surface area contributed by atoms with Crippen LogP contribution in [0.2, 0.25) is 0 Å². The topological polar surface area (TPSA) is 123 Å². The Morgan fingerprint density at radius 3 is 2.27 bits per heavy atom. The number of aromatic amines is 1.